The van der Waals surface area contributed by atoms with E-state index in [2.05, 4.69) is 11.9 Å². The number of hydrogen-bond donors (Lipinski definition) is 1. The normalized spacial score (nSPS) is 11.0. The van der Waals surface area contributed by atoms with Crippen LogP contribution >= 0.6 is 0 Å². The lowest BCUT2D eigenvalue weighted by Gasteiger charge is -2.08. The zero-order chi connectivity index (χ0) is 13.5. The Morgan fingerprint density at radius 2 is 1.89 bits per heavy atom. The van der Waals surface area contributed by atoms with E-state index in [1.54, 1.807) is 0 Å². The minimum atomic E-state index is 0.471. The number of rotatable bonds is 7. The number of anilines is 1. The first-order valence-electron chi connectivity index (χ1n) is 6.61. The van der Waals surface area contributed by atoms with Crippen molar-refractivity contribution in [3.05, 3.63) is 35.9 Å². The summed E-state index contributed by atoms with van der Waals surface area (Å²) in [5, 5.41) is 1.08. The summed E-state index contributed by atoms with van der Waals surface area (Å²) in [5.41, 5.74) is 7.76. The van der Waals surface area contributed by atoms with Crippen molar-refractivity contribution in [2.45, 2.75) is 20.0 Å². The van der Waals surface area contributed by atoms with Gasteiger partial charge in [-0.25, -0.2) is 4.98 Å². The highest BCUT2D eigenvalue weighted by atomic mass is 16.5. The molecule has 2 N–H and O–H groups in total. The van der Waals surface area contributed by atoms with Crippen molar-refractivity contribution in [1.82, 2.24) is 4.98 Å². The van der Waals surface area contributed by atoms with Gasteiger partial charge in [-0.2, -0.15) is 0 Å². The first-order valence-corrected chi connectivity index (χ1v) is 6.61. The molecular formula is C15H20N2O2. The molecule has 0 unspecified atom stereocenters. The Labute approximate surface area is 113 Å². The van der Waals surface area contributed by atoms with Gasteiger partial charge in [-0.05, 0) is 18.6 Å². The van der Waals surface area contributed by atoms with Crippen molar-refractivity contribution in [3.63, 3.8) is 0 Å². The lowest BCUT2D eigenvalue weighted by atomic mass is 10.1. The summed E-state index contributed by atoms with van der Waals surface area (Å²) in [5.74, 6) is 0.535. The molecule has 0 spiro atoms. The molecule has 4 nitrogen and oxygen atoms in total. The minimum Gasteiger partial charge on any atom is -0.383 e. The Balaban J connectivity index is 1.91. The van der Waals surface area contributed by atoms with E-state index in [9.17, 15) is 0 Å². The molecule has 0 saturated heterocycles. The average molecular weight is 260 g/mol. The van der Waals surface area contributed by atoms with Gasteiger partial charge < -0.3 is 15.2 Å². The Kier molecular flexibility index (Phi) is 5.12. The first kappa shape index (κ1) is 13.8. The van der Waals surface area contributed by atoms with Gasteiger partial charge in [0.15, 0.2) is 0 Å². The maximum atomic E-state index is 5.93. The molecule has 0 fully saturated rings. The van der Waals surface area contributed by atoms with Crippen molar-refractivity contribution in [2.75, 3.05) is 25.6 Å². The fourth-order valence-corrected chi connectivity index (χ4v) is 1.84. The predicted molar refractivity (Wildman–Crippen MR) is 76.9 cm³/mol. The van der Waals surface area contributed by atoms with Gasteiger partial charge in [0.1, 0.15) is 5.82 Å². The molecular weight excluding hydrogens is 240 g/mol. The zero-order valence-corrected chi connectivity index (χ0v) is 11.3. The second-order valence-corrected chi connectivity index (χ2v) is 4.39. The summed E-state index contributed by atoms with van der Waals surface area (Å²) in [6.45, 7) is 4.53. The molecule has 0 radical (unpaired) electrons. The molecule has 19 heavy (non-hydrogen) atoms. The predicted octanol–water partition coefficient (Wildman–Crippen LogP) is 2.76. The van der Waals surface area contributed by atoms with Crippen molar-refractivity contribution < 1.29 is 9.47 Å². The first-order chi connectivity index (χ1) is 9.31. The molecule has 1 aromatic carbocycles. The highest BCUT2D eigenvalue weighted by Gasteiger charge is 2.03. The Hall–Kier alpha value is -1.65. The molecule has 0 amide bonds. The van der Waals surface area contributed by atoms with Crippen LogP contribution in [-0.4, -0.2) is 24.8 Å². The van der Waals surface area contributed by atoms with E-state index in [1.807, 2.05) is 30.3 Å². The Bertz CT molecular complexity index is 529. The number of nitrogens with two attached hydrogens (primary N) is 1. The molecule has 1 heterocycles. The van der Waals surface area contributed by atoms with E-state index in [1.165, 1.54) is 0 Å². The number of pyridine rings is 1. The monoisotopic (exact) mass is 260 g/mol. The van der Waals surface area contributed by atoms with Crippen molar-refractivity contribution >= 4 is 16.7 Å². The smallest absolute Gasteiger partial charge is 0.129 e. The van der Waals surface area contributed by atoms with Crippen LogP contribution in [0.3, 0.4) is 0 Å². The van der Waals surface area contributed by atoms with Gasteiger partial charge >= 0.3 is 0 Å². The molecule has 0 saturated carbocycles. The molecule has 102 valence electrons. The number of nitrogens with zero attached hydrogens (tertiary/aromatic N) is 1. The second-order valence-electron chi connectivity index (χ2n) is 4.39. The van der Waals surface area contributed by atoms with Crippen molar-refractivity contribution in [1.29, 1.82) is 0 Å². The third kappa shape index (κ3) is 3.91. The number of aromatic nitrogens is 1. The Morgan fingerprint density at radius 3 is 2.74 bits per heavy atom. The lowest BCUT2D eigenvalue weighted by Crippen LogP contribution is -2.06. The Morgan fingerprint density at radius 1 is 1.11 bits per heavy atom. The number of benzene rings is 1. The molecule has 2 rings (SSSR count). The molecule has 2 aromatic rings. The number of para-hydroxylation sites is 1. The van der Waals surface area contributed by atoms with Crippen LogP contribution in [0.25, 0.3) is 10.9 Å². The van der Waals surface area contributed by atoms with Gasteiger partial charge in [0.25, 0.3) is 0 Å². The second kappa shape index (κ2) is 7.07. The molecule has 0 atom stereocenters. The standard InChI is InChI=1S/C15H20N2O2/c1-2-7-18-8-9-19-11-13-10-12-5-3-4-6-14(12)17-15(13)16/h3-6,10H,2,7-9,11H2,1H3,(H2,16,17). The van der Waals surface area contributed by atoms with Crippen LogP contribution in [0.5, 0.6) is 0 Å². The van der Waals surface area contributed by atoms with Crippen LogP contribution in [0, 0.1) is 0 Å². The molecule has 0 aliphatic heterocycles. The van der Waals surface area contributed by atoms with Gasteiger partial charge in [0.2, 0.25) is 0 Å². The van der Waals surface area contributed by atoms with Gasteiger partial charge in [0.05, 0.1) is 25.3 Å². The lowest BCUT2D eigenvalue weighted by molar-refractivity contribution is 0.0410. The van der Waals surface area contributed by atoms with E-state index in [0.29, 0.717) is 25.6 Å². The van der Waals surface area contributed by atoms with Gasteiger partial charge in [-0.3, -0.25) is 0 Å². The highest BCUT2D eigenvalue weighted by Crippen LogP contribution is 2.18. The summed E-state index contributed by atoms with van der Waals surface area (Å²) in [4.78, 5) is 4.37. The van der Waals surface area contributed by atoms with Gasteiger partial charge in [-0.15, -0.1) is 0 Å². The number of ether oxygens (including phenoxy) is 2. The molecule has 0 aliphatic rings. The van der Waals surface area contributed by atoms with Crippen molar-refractivity contribution in [2.24, 2.45) is 0 Å². The number of fused-ring (bicyclic) bond motifs is 1. The summed E-state index contributed by atoms with van der Waals surface area (Å²) in [6.07, 6.45) is 1.03. The van der Waals surface area contributed by atoms with Crippen LogP contribution in [-0.2, 0) is 16.1 Å². The minimum absolute atomic E-state index is 0.471. The van der Waals surface area contributed by atoms with E-state index in [0.717, 1.165) is 29.5 Å². The number of nitrogen functional groups attached to an aromatic ring is 1. The fraction of sp³-hybridized carbons (Fsp3) is 0.400. The molecule has 1 aromatic heterocycles. The highest BCUT2D eigenvalue weighted by molar-refractivity contribution is 5.81. The maximum Gasteiger partial charge on any atom is 0.129 e. The zero-order valence-electron chi connectivity index (χ0n) is 11.3. The molecule has 0 aliphatic carbocycles. The molecule has 0 bridgehead atoms. The van der Waals surface area contributed by atoms with E-state index in [4.69, 9.17) is 15.2 Å². The summed E-state index contributed by atoms with van der Waals surface area (Å²) < 4.78 is 10.9. The molecule has 4 heteroatoms. The summed E-state index contributed by atoms with van der Waals surface area (Å²) >= 11 is 0. The maximum absolute atomic E-state index is 5.93. The SMILES string of the molecule is CCCOCCOCc1cc2ccccc2nc1N. The quantitative estimate of drug-likeness (QED) is 0.778. The van der Waals surface area contributed by atoms with E-state index >= 15 is 0 Å². The summed E-state index contributed by atoms with van der Waals surface area (Å²) in [6, 6.07) is 9.95. The topological polar surface area (TPSA) is 57.4 Å². The average Bonchev–Trinajstić information content (AvgIpc) is 2.43. The van der Waals surface area contributed by atoms with Gasteiger partial charge in [-0.1, -0.05) is 25.1 Å². The third-order valence-corrected chi connectivity index (χ3v) is 2.81. The fourth-order valence-electron chi connectivity index (χ4n) is 1.84. The van der Waals surface area contributed by atoms with E-state index in [-0.39, 0.29) is 0 Å². The largest absolute Gasteiger partial charge is 0.383 e. The van der Waals surface area contributed by atoms with Gasteiger partial charge in [0, 0.05) is 17.6 Å². The summed E-state index contributed by atoms with van der Waals surface area (Å²) in [7, 11) is 0. The van der Waals surface area contributed by atoms with Crippen LogP contribution in [0.1, 0.15) is 18.9 Å². The van der Waals surface area contributed by atoms with Crippen LogP contribution < -0.4 is 5.73 Å². The number of hydrogen-bond acceptors (Lipinski definition) is 4. The van der Waals surface area contributed by atoms with Crippen LogP contribution in [0.2, 0.25) is 0 Å². The third-order valence-electron chi connectivity index (χ3n) is 2.81. The van der Waals surface area contributed by atoms with Crippen LogP contribution in [0.4, 0.5) is 5.82 Å². The van der Waals surface area contributed by atoms with Crippen LogP contribution in [0.15, 0.2) is 30.3 Å². The van der Waals surface area contributed by atoms with E-state index < -0.39 is 0 Å². The van der Waals surface area contributed by atoms with Crippen molar-refractivity contribution in [3.8, 4) is 0 Å².